The van der Waals surface area contributed by atoms with Gasteiger partial charge in [-0.2, -0.15) is 28.6 Å². The Morgan fingerprint density at radius 3 is 3.16 bits per heavy atom. The fourth-order valence-corrected chi connectivity index (χ4v) is 4.69. The summed E-state index contributed by atoms with van der Waals surface area (Å²) in [5.74, 6) is 4.10. The van der Waals surface area contributed by atoms with E-state index >= 15 is 0 Å². The third-order valence-electron chi connectivity index (χ3n) is 3.00. The van der Waals surface area contributed by atoms with Crippen molar-refractivity contribution in [3.8, 4) is 0 Å². The third kappa shape index (κ3) is 5.48. The summed E-state index contributed by atoms with van der Waals surface area (Å²) in [6, 6.07) is 1.92. The molecule has 2 heterocycles. The zero-order valence-corrected chi connectivity index (χ0v) is 12.9. The molecule has 1 aromatic heterocycles. The summed E-state index contributed by atoms with van der Waals surface area (Å²) >= 11 is 3.89. The van der Waals surface area contributed by atoms with Gasteiger partial charge in [0.05, 0.1) is 0 Å². The Balaban J connectivity index is 1.62. The zero-order valence-electron chi connectivity index (χ0n) is 11.2. The first-order chi connectivity index (χ1) is 9.24. The van der Waals surface area contributed by atoms with E-state index in [0.717, 1.165) is 18.8 Å². The molecule has 0 spiro atoms. The molecule has 1 fully saturated rings. The van der Waals surface area contributed by atoms with E-state index in [2.05, 4.69) is 17.3 Å². The van der Waals surface area contributed by atoms with Crippen molar-refractivity contribution in [2.45, 2.75) is 25.1 Å². The Morgan fingerprint density at radius 2 is 2.47 bits per heavy atom. The summed E-state index contributed by atoms with van der Waals surface area (Å²) in [5.41, 5.74) is 0. The molecule has 19 heavy (non-hydrogen) atoms. The largest absolute Gasteiger partial charge is 0.356 e. The SMILES string of the molecule is C[C@H](CNC(=O)C[C@@H]1CSCCS1)Cn1cccn1. The summed E-state index contributed by atoms with van der Waals surface area (Å²) in [7, 11) is 0. The number of carbonyl (C=O) groups is 1. The molecule has 1 aliphatic heterocycles. The second-order valence-corrected chi connectivity index (χ2v) is 7.47. The molecule has 0 unspecified atom stereocenters. The lowest BCUT2D eigenvalue weighted by Crippen LogP contribution is -2.32. The minimum Gasteiger partial charge on any atom is -0.356 e. The van der Waals surface area contributed by atoms with Gasteiger partial charge in [0.15, 0.2) is 0 Å². The Hall–Kier alpha value is -0.620. The van der Waals surface area contributed by atoms with Crippen LogP contribution in [-0.2, 0) is 11.3 Å². The van der Waals surface area contributed by atoms with Gasteiger partial charge in [-0.15, -0.1) is 0 Å². The van der Waals surface area contributed by atoms with E-state index in [0.29, 0.717) is 17.6 Å². The number of carbonyl (C=O) groups excluding carboxylic acids is 1. The molecule has 1 amide bonds. The molecule has 106 valence electrons. The smallest absolute Gasteiger partial charge is 0.221 e. The van der Waals surface area contributed by atoms with Gasteiger partial charge >= 0.3 is 0 Å². The highest BCUT2D eigenvalue weighted by atomic mass is 32.2. The lowest BCUT2D eigenvalue weighted by molar-refractivity contribution is -0.121. The van der Waals surface area contributed by atoms with Crippen LogP contribution in [0.5, 0.6) is 0 Å². The number of amides is 1. The molecule has 4 nitrogen and oxygen atoms in total. The number of nitrogens with zero attached hydrogens (tertiary/aromatic N) is 2. The van der Waals surface area contributed by atoms with E-state index in [4.69, 9.17) is 0 Å². The highest BCUT2D eigenvalue weighted by Gasteiger charge is 2.18. The first-order valence-corrected chi connectivity index (χ1v) is 8.88. The van der Waals surface area contributed by atoms with E-state index in [1.165, 1.54) is 11.5 Å². The summed E-state index contributed by atoms with van der Waals surface area (Å²) in [5, 5.41) is 7.71. The number of thioether (sulfide) groups is 2. The van der Waals surface area contributed by atoms with Gasteiger partial charge in [0, 0.05) is 54.4 Å². The molecule has 0 saturated carbocycles. The molecule has 1 N–H and O–H groups in total. The predicted octanol–water partition coefficient (Wildman–Crippen LogP) is 1.87. The molecular weight excluding hydrogens is 278 g/mol. The van der Waals surface area contributed by atoms with Gasteiger partial charge in [-0.05, 0) is 12.0 Å². The van der Waals surface area contributed by atoms with E-state index < -0.39 is 0 Å². The van der Waals surface area contributed by atoms with Crippen molar-refractivity contribution in [3.63, 3.8) is 0 Å². The maximum absolute atomic E-state index is 11.9. The number of nitrogens with one attached hydrogen (secondary N) is 1. The zero-order chi connectivity index (χ0) is 13.5. The Morgan fingerprint density at radius 1 is 1.58 bits per heavy atom. The number of hydrogen-bond donors (Lipinski definition) is 1. The van der Waals surface area contributed by atoms with Crippen molar-refractivity contribution in [1.29, 1.82) is 0 Å². The van der Waals surface area contributed by atoms with Crippen LogP contribution in [0.1, 0.15) is 13.3 Å². The van der Waals surface area contributed by atoms with Crippen LogP contribution in [0.15, 0.2) is 18.5 Å². The van der Waals surface area contributed by atoms with Gasteiger partial charge in [0.2, 0.25) is 5.91 Å². The fraction of sp³-hybridized carbons (Fsp3) is 0.692. The first kappa shape index (κ1) is 14.8. The second kappa shape index (κ2) is 7.85. The van der Waals surface area contributed by atoms with Crippen LogP contribution in [0, 0.1) is 5.92 Å². The van der Waals surface area contributed by atoms with Crippen molar-refractivity contribution < 1.29 is 4.79 Å². The Kier molecular flexibility index (Phi) is 6.10. The molecule has 0 bridgehead atoms. The minimum absolute atomic E-state index is 0.187. The van der Waals surface area contributed by atoms with Crippen LogP contribution in [-0.4, -0.2) is 44.7 Å². The van der Waals surface area contributed by atoms with Crippen molar-refractivity contribution in [3.05, 3.63) is 18.5 Å². The molecule has 6 heteroatoms. The average Bonchev–Trinajstić information content (AvgIpc) is 2.90. The molecule has 0 aromatic carbocycles. The number of rotatable bonds is 6. The van der Waals surface area contributed by atoms with Crippen molar-refractivity contribution in [2.75, 3.05) is 23.8 Å². The molecular formula is C13H21N3OS2. The maximum Gasteiger partial charge on any atom is 0.221 e. The van der Waals surface area contributed by atoms with Crippen LogP contribution in [0.4, 0.5) is 0 Å². The number of aromatic nitrogens is 2. The van der Waals surface area contributed by atoms with Gasteiger partial charge in [-0.1, -0.05) is 6.92 Å². The summed E-state index contributed by atoms with van der Waals surface area (Å²) < 4.78 is 1.91. The molecule has 1 aliphatic rings. The maximum atomic E-state index is 11.9. The van der Waals surface area contributed by atoms with E-state index in [1.54, 1.807) is 6.20 Å². The van der Waals surface area contributed by atoms with Gasteiger partial charge in [0.1, 0.15) is 0 Å². The normalized spacial score (nSPS) is 21.0. The van der Waals surface area contributed by atoms with Crippen LogP contribution < -0.4 is 5.32 Å². The molecule has 2 atom stereocenters. The Bertz CT molecular complexity index is 377. The quantitative estimate of drug-likeness (QED) is 0.871. The molecule has 1 saturated heterocycles. The van der Waals surface area contributed by atoms with E-state index in [9.17, 15) is 4.79 Å². The third-order valence-corrected chi connectivity index (χ3v) is 5.85. The average molecular weight is 299 g/mol. The fourth-order valence-electron chi connectivity index (χ4n) is 2.01. The van der Waals surface area contributed by atoms with Crippen LogP contribution >= 0.6 is 23.5 Å². The summed E-state index contributed by atoms with van der Waals surface area (Å²) in [6.07, 6.45) is 4.39. The number of hydrogen-bond acceptors (Lipinski definition) is 4. The van der Waals surface area contributed by atoms with Crippen LogP contribution in [0.25, 0.3) is 0 Å². The molecule has 1 aromatic rings. The second-order valence-electron chi connectivity index (χ2n) is 4.91. The van der Waals surface area contributed by atoms with Gasteiger partial charge in [-0.25, -0.2) is 0 Å². The van der Waals surface area contributed by atoms with Gasteiger partial charge in [0.25, 0.3) is 0 Å². The topological polar surface area (TPSA) is 46.9 Å². The molecule has 2 rings (SSSR count). The minimum atomic E-state index is 0.187. The van der Waals surface area contributed by atoms with Crippen molar-refractivity contribution in [2.24, 2.45) is 5.92 Å². The van der Waals surface area contributed by atoms with Crippen LogP contribution in [0.3, 0.4) is 0 Å². The summed E-state index contributed by atoms with van der Waals surface area (Å²) in [4.78, 5) is 11.9. The lowest BCUT2D eigenvalue weighted by atomic mass is 10.2. The Labute approximate surface area is 123 Å². The van der Waals surface area contributed by atoms with Gasteiger partial charge in [-0.3, -0.25) is 9.48 Å². The molecule has 0 aliphatic carbocycles. The monoisotopic (exact) mass is 299 g/mol. The predicted molar refractivity (Wildman–Crippen MR) is 82.6 cm³/mol. The first-order valence-electron chi connectivity index (χ1n) is 6.67. The highest BCUT2D eigenvalue weighted by molar-refractivity contribution is 8.06. The standard InChI is InChI=1S/C13H21N3OS2/c1-11(9-16-4-2-3-15-16)8-14-13(17)7-12-10-18-5-6-19-12/h2-4,11-12H,5-10H2,1H3,(H,14,17)/t11-,12-/m1/s1. The van der Waals surface area contributed by atoms with Gasteiger partial charge < -0.3 is 5.32 Å². The summed E-state index contributed by atoms with van der Waals surface area (Å²) in [6.45, 7) is 3.71. The van der Waals surface area contributed by atoms with Crippen molar-refractivity contribution in [1.82, 2.24) is 15.1 Å². The van der Waals surface area contributed by atoms with E-state index in [-0.39, 0.29) is 5.91 Å². The van der Waals surface area contributed by atoms with Crippen molar-refractivity contribution >= 4 is 29.4 Å². The lowest BCUT2D eigenvalue weighted by Gasteiger charge is -2.20. The van der Waals surface area contributed by atoms with Crippen LogP contribution in [0.2, 0.25) is 0 Å². The molecule has 0 radical (unpaired) electrons. The van der Waals surface area contributed by atoms with E-state index in [1.807, 2.05) is 40.5 Å². The highest BCUT2D eigenvalue weighted by Crippen LogP contribution is 2.26.